The molecule has 0 aliphatic carbocycles. The molecule has 0 saturated heterocycles. The molecule has 0 unspecified atom stereocenters. The molecule has 1 heterocycles. The van der Waals surface area contributed by atoms with Gasteiger partial charge in [0.2, 0.25) is 5.76 Å². The van der Waals surface area contributed by atoms with Crippen LogP contribution in [0.1, 0.15) is 0 Å². The molecular weight excluding hydrogens is 364 g/mol. The number of aliphatic hydroxyl groups excluding tert-OH is 9. The van der Waals surface area contributed by atoms with Crippen LogP contribution in [0.25, 0.3) is 0 Å². The number of aliphatic hydroxyl groups is 9. The Labute approximate surface area is 145 Å². The van der Waals surface area contributed by atoms with Crippen LogP contribution in [0, 0.1) is 0 Å². The van der Waals surface area contributed by atoms with Crippen LogP contribution < -0.4 is 0 Å². The number of ether oxygens (including phenoxy) is 2. The van der Waals surface area contributed by atoms with E-state index >= 15 is 0 Å². The molecule has 0 amide bonds. The van der Waals surface area contributed by atoms with Crippen molar-refractivity contribution in [3.63, 3.8) is 0 Å². The minimum atomic E-state index is -2.42. The minimum absolute atomic E-state index is 0.949. The topological polar surface area (TPSA) is 235 Å². The lowest BCUT2D eigenvalue weighted by molar-refractivity contribution is -0.178. The van der Waals surface area contributed by atoms with Gasteiger partial charge in [0.25, 0.3) is 0 Å². The molecule has 7 atom stereocenters. The first-order chi connectivity index (χ1) is 12.0. The molecule has 0 spiro atoms. The summed E-state index contributed by atoms with van der Waals surface area (Å²) >= 11 is 0. The average Bonchev–Trinajstić information content (AvgIpc) is 2.89. The molecule has 150 valence electrons. The fraction of sp³-hybridized carbons (Fsp3) is 0.692. The van der Waals surface area contributed by atoms with Gasteiger partial charge in [0.05, 0.1) is 6.61 Å². The van der Waals surface area contributed by atoms with Crippen molar-refractivity contribution in [2.45, 2.75) is 42.7 Å². The van der Waals surface area contributed by atoms with E-state index in [1.54, 1.807) is 0 Å². The summed E-state index contributed by atoms with van der Waals surface area (Å²) in [5.74, 6) is -5.00. The van der Waals surface area contributed by atoms with Crippen molar-refractivity contribution in [2.24, 2.45) is 0 Å². The van der Waals surface area contributed by atoms with Crippen LogP contribution >= 0.6 is 0 Å². The highest BCUT2D eigenvalue weighted by molar-refractivity contribution is 5.89. The summed E-state index contributed by atoms with van der Waals surface area (Å²) in [4.78, 5) is 22.6. The molecule has 1 aliphatic rings. The van der Waals surface area contributed by atoms with E-state index in [2.05, 4.69) is 9.47 Å². The van der Waals surface area contributed by atoms with Gasteiger partial charge < -0.3 is 55.4 Å². The van der Waals surface area contributed by atoms with Crippen LogP contribution in [0.4, 0.5) is 0 Å². The maximum Gasteiger partial charge on any atom is 0.377 e. The Hall–Kier alpha value is -2.00. The fourth-order valence-electron chi connectivity index (χ4n) is 1.93. The first kappa shape index (κ1) is 22.0. The quantitative estimate of drug-likeness (QED) is 0.169. The molecule has 0 radical (unpaired) electrons. The molecule has 0 aromatic rings. The van der Waals surface area contributed by atoms with E-state index in [0.29, 0.717) is 0 Å². The molecule has 1 aliphatic heterocycles. The van der Waals surface area contributed by atoms with Crippen LogP contribution in [0.5, 0.6) is 0 Å². The molecule has 9 N–H and O–H groups in total. The first-order valence-corrected chi connectivity index (χ1v) is 7.21. The van der Waals surface area contributed by atoms with Crippen molar-refractivity contribution in [1.82, 2.24) is 0 Å². The first-order valence-electron chi connectivity index (χ1n) is 7.21. The normalized spacial score (nSPS) is 24.4. The van der Waals surface area contributed by atoms with Gasteiger partial charge in [-0.2, -0.15) is 0 Å². The summed E-state index contributed by atoms with van der Waals surface area (Å²) in [6.07, 6.45) is -14.5. The molecule has 26 heavy (non-hydrogen) atoms. The Morgan fingerprint density at radius 1 is 1.04 bits per heavy atom. The lowest BCUT2D eigenvalue weighted by Gasteiger charge is -2.27. The SMILES string of the molecule is O=C1O[C@H]([C@H](O)COC(=O)[C@H](O)[C@@H](O)[C@H](O)[C@H](O)[C@H](O)CO)C(O)=C1O. The van der Waals surface area contributed by atoms with E-state index in [-0.39, 0.29) is 0 Å². The summed E-state index contributed by atoms with van der Waals surface area (Å²) < 4.78 is 8.83. The average molecular weight is 384 g/mol. The van der Waals surface area contributed by atoms with Gasteiger partial charge in [-0.25, -0.2) is 9.59 Å². The van der Waals surface area contributed by atoms with E-state index in [1.807, 2.05) is 0 Å². The number of carbonyl (C=O) groups is 2. The smallest absolute Gasteiger partial charge is 0.377 e. The van der Waals surface area contributed by atoms with Crippen molar-refractivity contribution >= 4 is 11.9 Å². The van der Waals surface area contributed by atoms with Gasteiger partial charge in [0.15, 0.2) is 18.0 Å². The third-order valence-electron chi connectivity index (χ3n) is 3.53. The molecule has 0 fully saturated rings. The van der Waals surface area contributed by atoms with Gasteiger partial charge in [0.1, 0.15) is 37.1 Å². The van der Waals surface area contributed by atoms with Gasteiger partial charge in [-0.3, -0.25) is 0 Å². The maximum absolute atomic E-state index is 11.6. The summed E-state index contributed by atoms with van der Waals surface area (Å²) in [5.41, 5.74) is 0. The van der Waals surface area contributed by atoms with Crippen LogP contribution in [-0.2, 0) is 19.1 Å². The van der Waals surface area contributed by atoms with E-state index < -0.39 is 79.4 Å². The number of hydrogen-bond donors (Lipinski definition) is 9. The summed E-state index contributed by atoms with van der Waals surface area (Å²) in [6.45, 7) is -1.92. The van der Waals surface area contributed by atoms with Crippen molar-refractivity contribution in [3.05, 3.63) is 11.5 Å². The van der Waals surface area contributed by atoms with Gasteiger partial charge in [0, 0.05) is 0 Å². The van der Waals surface area contributed by atoms with Gasteiger partial charge >= 0.3 is 11.9 Å². The Kier molecular flexibility index (Phi) is 7.70. The van der Waals surface area contributed by atoms with E-state index in [4.69, 9.17) is 15.3 Å². The highest BCUT2D eigenvalue weighted by atomic mass is 16.6. The summed E-state index contributed by atoms with van der Waals surface area (Å²) in [6, 6.07) is 0. The number of rotatable bonds is 9. The minimum Gasteiger partial charge on any atom is -0.505 e. The lowest BCUT2D eigenvalue weighted by Crippen LogP contribution is -2.52. The highest BCUT2D eigenvalue weighted by Crippen LogP contribution is 2.21. The zero-order chi connectivity index (χ0) is 20.2. The highest BCUT2D eigenvalue weighted by Gasteiger charge is 2.41. The van der Waals surface area contributed by atoms with Gasteiger partial charge in [-0.05, 0) is 0 Å². The Morgan fingerprint density at radius 2 is 1.62 bits per heavy atom. The van der Waals surface area contributed by atoms with Gasteiger partial charge in [-0.1, -0.05) is 0 Å². The lowest BCUT2D eigenvalue weighted by atomic mass is 9.99. The molecular formula is C13H20O13. The Bertz CT molecular complexity index is 546. The van der Waals surface area contributed by atoms with Crippen molar-refractivity contribution in [3.8, 4) is 0 Å². The third-order valence-corrected chi connectivity index (χ3v) is 3.53. The number of cyclic esters (lactones) is 1. The van der Waals surface area contributed by atoms with Crippen LogP contribution in [0.3, 0.4) is 0 Å². The molecule has 0 aromatic carbocycles. The standard InChI is InChI=1S/C13H20O13/c14-1-3(15)5(17)6(18)7(19)9(21)12(23)25-2-4(16)11-8(20)10(22)13(24)26-11/h3-7,9,11,14-22H,1-2H2/t3-,4-,5-,6-,7+,9-,11-/m1/s1. The predicted molar refractivity (Wildman–Crippen MR) is 76.2 cm³/mol. The molecule has 0 aromatic heterocycles. The Morgan fingerprint density at radius 3 is 2.08 bits per heavy atom. The van der Waals surface area contributed by atoms with Crippen LogP contribution in [0.15, 0.2) is 11.5 Å². The summed E-state index contributed by atoms with van der Waals surface area (Å²) in [7, 11) is 0. The largest absolute Gasteiger partial charge is 0.505 e. The second-order valence-corrected chi connectivity index (χ2v) is 5.42. The van der Waals surface area contributed by atoms with Crippen LogP contribution in [0.2, 0.25) is 0 Å². The van der Waals surface area contributed by atoms with Crippen molar-refractivity contribution in [1.29, 1.82) is 0 Å². The monoisotopic (exact) mass is 384 g/mol. The molecule has 0 saturated carbocycles. The number of hydrogen-bond acceptors (Lipinski definition) is 13. The third kappa shape index (κ3) is 4.79. The second kappa shape index (κ2) is 9.09. The Balaban J connectivity index is 2.58. The van der Waals surface area contributed by atoms with Crippen LogP contribution in [-0.4, -0.2) is 114 Å². The molecule has 0 bridgehead atoms. The number of carbonyl (C=O) groups excluding carboxylic acids is 2. The van der Waals surface area contributed by atoms with Gasteiger partial charge in [-0.15, -0.1) is 0 Å². The summed E-state index contributed by atoms with van der Waals surface area (Å²) in [5, 5.41) is 84.0. The predicted octanol–water partition coefficient (Wildman–Crippen LogP) is -5.06. The maximum atomic E-state index is 11.6. The molecule has 13 heteroatoms. The zero-order valence-electron chi connectivity index (χ0n) is 13.1. The van der Waals surface area contributed by atoms with E-state index in [9.17, 15) is 40.2 Å². The van der Waals surface area contributed by atoms with E-state index in [1.165, 1.54) is 0 Å². The fourth-order valence-corrected chi connectivity index (χ4v) is 1.93. The zero-order valence-corrected chi connectivity index (χ0v) is 13.1. The second-order valence-electron chi connectivity index (χ2n) is 5.42. The molecule has 13 nitrogen and oxygen atoms in total. The number of esters is 2. The van der Waals surface area contributed by atoms with Crippen molar-refractivity contribution in [2.75, 3.05) is 13.2 Å². The van der Waals surface area contributed by atoms with E-state index in [0.717, 1.165) is 0 Å². The molecule has 1 rings (SSSR count). The van der Waals surface area contributed by atoms with Crippen molar-refractivity contribution < 1.29 is 65.0 Å².